The van der Waals surface area contributed by atoms with Crippen LogP contribution in [0.5, 0.6) is 5.75 Å². The predicted molar refractivity (Wildman–Crippen MR) is 128 cm³/mol. The molecule has 2 heterocycles. The molecular weight excluding hydrogens is 460 g/mol. The van der Waals surface area contributed by atoms with Crippen LogP contribution in [0.2, 0.25) is 0 Å². The van der Waals surface area contributed by atoms with Crippen LogP contribution in [0.4, 0.5) is 5.69 Å². The molecule has 1 aliphatic heterocycles. The van der Waals surface area contributed by atoms with Gasteiger partial charge in [-0.05, 0) is 57.7 Å². The fourth-order valence-corrected chi connectivity index (χ4v) is 5.64. The normalized spacial score (nSPS) is 17.9. The van der Waals surface area contributed by atoms with Crippen LogP contribution in [0.25, 0.3) is 5.69 Å². The number of aromatic nitrogens is 2. The average molecular weight is 491 g/mol. The van der Waals surface area contributed by atoms with E-state index in [1.54, 1.807) is 32.2 Å². The Morgan fingerprint density at radius 2 is 1.82 bits per heavy atom. The zero-order chi connectivity index (χ0) is 24.5. The van der Waals surface area contributed by atoms with Crippen molar-refractivity contribution in [3.8, 4) is 11.4 Å². The molecule has 10 nitrogen and oxygen atoms in total. The number of carboxylic acids is 1. The number of carbonyl (C=O) groups is 1. The van der Waals surface area contributed by atoms with Gasteiger partial charge in [-0.1, -0.05) is 6.07 Å². The first-order valence-corrected chi connectivity index (χ1v) is 13.1. The third kappa shape index (κ3) is 4.80. The van der Waals surface area contributed by atoms with E-state index in [2.05, 4.69) is 5.10 Å². The Bertz CT molecular complexity index is 1210. The fourth-order valence-electron chi connectivity index (χ4n) is 4.37. The van der Waals surface area contributed by atoms with Gasteiger partial charge < -0.3 is 14.7 Å². The van der Waals surface area contributed by atoms with E-state index in [-0.39, 0.29) is 17.4 Å². The average Bonchev–Trinajstić information content (AvgIpc) is 3.33. The zero-order valence-corrected chi connectivity index (χ0v) is 20.2. The SMILES string of the molecule is CC(C)S(=O)(=O)N1CCN(c2cnn(-c3cccc(C(=O)O)c3)c(=O)c2OC2CCCC2)CC1. The van der Waals surface area contributed by atoms with E-state index in [9.17, 15) is 23.1 Å². The van der Waals surface area contributed by atoms with Crippen LogP contribution < -0.4 is 15.2 Å². The van der Waals surface area contributed by atoms with Gasteiger partial charge in [0.2, 0.25) is 15.8 Å². The van der Waals surface area contributed by atoms with Gasteiger partial charge in [-0.25, -0.2) is 13.2 Å². The van der Waals surface area contributed by atoms with Crippen LogP contribution in [-0.4, -0.2) is 71.1 Å². The van der Waals surface area contributed by atoms with E-state index >= 15 is 0 Å². The molecule has 2 aliphatic rings. The molecule has 0 atom stereocenters. The molecule has 2 aromatic rings. The van der Waals surface area contributed by atoms with Gasteiger partial charge in [-0.15, -0.1) is 0 Å². The molecule has 0 bridgehead atoms. The molecule has 1 N–H and O–H groups in total. The van der Waals surface area contributed by atoms with E-state index in [0.717, 1.165) is 30.4 Å². The standard InChI is InChI=1S/C23H30N4O6S/c1-16(2)34(31,32)26-12-10-25(11-13-26)20-15-24-27(18-7-5-6-17(14-18)23(29)30)22(28)21(20)33-19-8-3-4-9-19/h5-7,14-16,19H,3-4,8-13H2,1-2H3,(H,29,30). The molecule has 2 fully saturated rings. The Morgan fingerprint density at radius 1 is 1.15 bits per heavy atom. The molecule has 0 spiro atoms. The molecule has 1 aromatic heterocycles. The lowest BCUT2D eigenvalue weighted by Gasteiger charge is -2.36. The van der Waals surface area contributed by atoms with Gasteiger partial charge in [0.1, 0.15) is 5.69 Å². The maximum absolute atomic E-state index is 13.5. The van der Waals surface area contributed by atoms with Gasteiger partial charge >= 0.3 is 11.5 Å². The molecule has 1 saturated carbocycles. The molecule has 184 valence electrons. The van der Waals surface area contributed by atoms with E-state index in [0.29, 0.717) is 37.6 Å². The van der Waals surface area contributed by atoms with Gasteiger partial charge in [0.15, 0.2) is 0 Å². The highest BCUT2D eigenvalue weighted by atomic mass is 32.2. The maximum atomic E-state index is 13.5. The molecule has 1 saturated heterocycles. The van der Waals surface area contributed by atoms with Crippen LogP contribution in [-0.2, 0) is 10.0 Å². The lowest BCUT2D eigenvalue weighted by molar-refractivity contribution is 0.0697. The van der Waals surface area contributed by atoms with Crippen molar-refractivity contribution in [3.05, 3.63) is 46.4 Å². The summed E-state index contributed by atoms with van der Waals surface area (Å²) in [6.07, 6.45) is 5.25. The van der Waals surface area contributed by atoms with Crippen molar-refractivity contribution in [3.63, 3.8) is 0 Å². The topological polar surface area (TPSA) is 122 Å². The third-order valence-electron chi connectivity index (χ3n) is 6.37. The van der Waals surface area contributed by atoms with E-state index in [1.165, 1.54) is 16.4 Å². The van der Waals surface area contributed by atoms with Crippen molar-refractivity contribution in [2.45, 2.75) is 50.9 Å². The smallest absolute Gasteiger partial charge is 0.335 e. The Hall–Kier alpha value is -2.92. The van der Waals surface area contributed by atoms with E-state index in [1.807, 2.05) is 4.90 Å². The number of ether oxygens (including phenoxy) is 1. The Kier molecular flexibility index (Phi) is 6.94. The second kappa shape index (κ2) is 9.75. The summed E-state index contributed by atoms with van der Waals surface area (Å²) in [5, 5.41) is 13.1. The van der Waals surface area contributed by atoms with Crippen LogP contribution in [0, 0.1) is 0 Å². The molecule has 1 aromatic carbocycles. The van der Waals surface area contributed by atoms with Crippen LogP contribution in [0.1, 0.15) is 49.9 Å². The molecule has 0 unspecified atom stereocenters. The fraction of sp³-hybridized carbons (Fsp3) is 0.522. The molecule has 4 rings (SSSR count). The van der Waals surface area contributed by atoms with Crippen LogP contribution >= 0.6 is 0 Å². The number of rotatable bonds is 7. The number of sulfonamides is 1. The minimum absolute atomic E-state index is 0.0519. The van der Waals surface area contributed by atoms with Crippen LogP contribution in [0.15, 0.2) is 35.3 Å². The Balaban J connectivity index is 1.68. The monoisotopic (exact) mass is 490 g/mol. The van der Waals surface area contributed by atoms with E-state index < -0.39 is 26.8 Å². The minimum Gasteiger partial charge on any atom is -0.483 e. The summed E-state index contributed by atoms with van der Waals surface area (Å²) in [5.74, 6) is -0.925. The first-order chi connectivity index (χ1) is 16.2. The molecule has 34 heavy (non-hydrogen) atoms. The minimum atomic E-state index is -3.35. The second-order valence-electron chi connectivity index (χ2n) is 8.94. The lowest BCUT2D eigenvalue weighted by Crippen LogP contribution is -2.50. The number of anilines is 1. The Morgan fingerprint density at radius 3 is 2.44 bits per heavy atom. The van der Waals surface area contributed by atoms with Crippen molar-refractivity contribution >= 4 is 21.7 Å². The number of benzene rings is 1. The van der Waals surface area contributed by atoms with Gasteiger partial charge in [-0.2, -0.15) is 14.1 Å². The largest absolute Gasteiger partial charge is 0.483 e. The number of nitrogens with zero attached hydrogens (tertiary/aromatic N) is 4. The first-order valence-electron chi connectivity index (χ1n) is 11.5. The summed E-state index contributed by atoms with van der Waals surface area (Å²) < 4.78 is 33.9. The van der Waals surface area contributed by atoms with E-state index in [4.69, 9.17) is 4.74 Å². The van der Waals surface area contributed by atoms with Gasteiger partial charge in [0.25, 0.3) is 0 Å². The van der Waals surface area contributed by atoms with Gasteiger partial charge in [0.05, 0.1) is 28.8 Å². The maximum Gasteiger partial charge on any atom is 0.335 e. The molecule has 1 aliphatic carbocycles. The highest BCUT2D eigenvalue weighted by molar-refractivity contribution is 7.89. The quantitative estimate of drug-likeness (QED) is 0.626. The molecule has 11 heteroatoms. The summed E-state index contributed by atoms with van der Waals surface area (Å²) in [5.41, 5.74) is 0.449. The third-order valence-corrected chi connectivity index (χ3v) is 8.65. The van der Waals surface area contributed by atoms with Crippen molar-refractivity contribution in [1.29, 1.82) is 0 Å². The number of carboxylic acid groups (broad SMARTS) is 1. The van der Waals surface area contributed by atoms with Gasteiger partial charge in [0, 0.05) is 26.2 Å². The highest BCUT2D eigenvalue weighted by Gasteiger charge is 2.32. The summed E-state index contributed by atoms with van der Waals surface area (Å²) in [4.78, 5) is 26.8. The van der Waals surface area contributed by atoms with Crippen molar-refractivity contribution in [1.82, 2.24) is 14.1 Å². The van der Waals surface area contributed by atoms with Crippen molar-refractivity contribution < 1.29 is 23.1 Å². The molecule has 0 radical (unpaired) electrons. The second-order valence-corrected chi connectivity index (χ2v) is 11.4. The lowest BCUT2D eigenvalue weighted by atomic mass is 10.2. The number of hydrogen-bond acceptors (Lipinski definition) is 7. The summed E-state index contributed by atoms with van der Waals surface area (Å²) in [7, 11) is -3.35. The van der Waals surface area contributed by atoms with Gasteiger partial charge in [-0.3, -0.25) is 4.79 Å². The molecule has 0 amide bonds. The number of piperazine rings is 1. The number of hydrogen-bond donors (Lipinski definition) is 1. The summed E-state index contributed by atoms with van der Waals surface area (Å²) in [6.45, 7) is 4.77. The number of aromatic carboxylic acids is 1. The Labute approximate surface area is 198 Å². The van der Waals surface area contributed by atoms with Crippen LogP contribution in [0.3, 0.4) is 0 Å². The summed E-state index contributed by atoms with van der Waals surface area (Å²) >= 11 is 0. The highest BCUT2D eigenvalue weighted by Crippen LogP contribution is 2.30. The first kappa shape index (κ1) is 24.2. The zero-order valence-electron chi connectivity index (χ0n) is 19.4. The van der Waals surface area contributed by atoms with Crippen molar-refractivity contribution in [2.75, 3.05) is 31.1 Å². The predicted octanol–water partition coefficient (Wildman–Crippen LogP) is 2.11. The van der Waals surface area contributed by atoms with Crippen molar-refractivity contribution in [2.24, 2.45) is 0 Å². The summed E-state index contributed by atoms with van der Waals surface area (Å²) in [6, 6.07) is 6.03. The molecular formula is C23H30N4O6S.